The number of hydrogen-bond acceptors (Lipinski definition) is 1. The van der Waals surface area contributed by atoms with E-state index in [0.29, 0.717) is 6.42 Å². The van der Waals surface area contributed by atoms with Crippen LogP contribution in [0.1, 0.15) is 4.88 Å². The van der Waals surface area contributed by atoms with Crippen LogP contribution in [0.3, 0.4) is 0 Å². The summed E-state index contributed by atoms with van der Waals surface area (Å²) in [7, 11) is 0. The van der Waals surface area contributed by atoms with Gasteiger partial charge in [-0.1, -0.05) is 6.07 Å². The van der Waals surface area contributed by atoms with Crippen molar-refractivity contribution in [2.24, 2.45) is 0 Å². The highest BCUT2D eigenvalue weighted by molar-refractivity contribution is 7.09. The first kappa shape index (κ1) is 5.79. The summed E-state index contributed by atoms with van der Waals surface area (Å²) in [6, 6.07) is 3.96. The van der Waals surface area contributed by atoms with Crippen LogP contribution in [0.2, 0.25) is 0 Å². The second kappa shape index (κ2) is 2.84. The molecule has 0 saturated carbocycles. The van der Waals surface area contributed by atoms with Crippen molar-refractivity contribution in [3.05, 3.63) is 22.4 Å². The molecule has 0 unspecified atom stereocenters. The molecule has 1 radical (unpaired) electrons. The maximum absolute atomic E-state index is 10.0. The summed E-state index contributed by atoms with van der Waals surface area (Å²) in [6.07, 6.45) is 0.692. The first-order valence-corrected chi connectivity index (χ1v) is 3.42. The smallest absolute Gasteiger partial charge is 0.0870 e. The predicted octanol–water partition coefficient (Wildman–Crippen LogP) is 1.72. The van der Waals surface area contributed by atoms with Gasteiger partial charge in [-0.3, -0.25) is 0 Å². The fourth-order valence-electron chi connectivity index (χ4n) is 0.555. The Kier molecular flexibility index (Phi) is 2.06. The van der Waals surface area contributed by atoms with Gasteiger partial charge in [-0.15, -0.1) is 11.3 Å². The summed E-state index contributed by atoms with van der Waals surface area (Å²) in [4.78, 5) is 1.19. The zero-order chi connectivity index (χ0) is 5.82. The molecule has 0 amide bonds. The minimum Gasteiger partial charge on any atom is -0.236 e. The Labute approximate surface area is 52.6 Å². The average Bonchev–Trinajstić information content (AvgIpc) is 2.19. The van der Waals surface area contributed by atoms with E-state index in [1.165, 1.54) is 4.88 Å². The van der Waals surface area contributed by atoms with Crippen molar-refractivity contribution in [2.75, 3.05) is 6.61 Å². The van der Waals surface area contributed by atoms with Crippen LogP contribution in [-0.4, -0.2) is 6.61 Å². The number of rotatable bonds is 2. The molecule has 0 spiro atoms. The first-order valence-electron chi connectivity index (χ1n) is 2.54. The van der Waals surface area contributed by atoms with Crippen LogP contribution in [0, 0.1) is 0 Å². The van der Waals surface area contributed by atoms with Gasteiger partial charge in [-0.05, 0) is 11.4 Å². The first-order chi connectivity index (χ1) is 3.93. The van der Waals surface area contributed by atoms with Gasteiger partial charge in [0, 0.05) is 11.3 Å². The summed E-state index contributed by atoms with van der Waals surface area (Å²) in [5.74, 6) is 0. The van der Waals surface area contributed by atoms with E-state index in [9.17, 15) is 5.11 Å². The SMILES string of the molecule is [O]CCc1cccs1. The summed E-state index contributed by atoms with van der Waals surface area (Å²) in [5, 5.41) is 12.0. The second-order valence-corrected chi connectivity index (χ2v) is 2.57. The second-order valence-electron chi connectivity index (χ2n) is 1.53. The maximum atomic E-state index is 10.0. The zero-order valence-electron chi connectivity index (χ0n) is 4.46. The lowest BCUT2D eigenvalue weighted by atomic mass is 10.4. The topological polar surface area (TPSA) is 19.9 Å². The molecule has 43 valence electrons. The monoisotopic (exact) mass is 127 g/mol. The Morgan fingerprint density at radius 1 is 1.62 bits per heavy atom. The third kappa shape index (κ3) is 1.32. The van der Waals surface area contributed by atoms with Gasteiger partial charge in [0.25, 0.3) is 0 Å². The molecule has 1 aromatic rings. The maximum Gasteiger partial charge on any atom is 0.0870 e. The molecule has 0 aromatic carbocycles. The molecule has 1 nitrogen and oxygen atoms in total. The molecule has 8 heavy (non-hydrogen) atoms. The van der Waals surface area contributed by atoms with Crippen LogP contribution in [0.4, 0.5) is 0 Å². The quantitative estimate of drug-likeness (QED) is 0.576. The van der Waals surface area contributed by atoms with Crippen molar-refractivity contribution < 1.29 is 5.11 Å². The lowest BCUT2D eigenvalue weighted by molar-refractivity contribution is 0.198. The summed E-state index contributed by atoms with van der Waals surface area (Å²) >= 11 is 1.65. The van der Waals surface area contributed by atoms with E-state index >= 15 is 0 Å². The van der Waals surface area contributed by atoms with Crippen molar-refractivity contribution in [3.63, 3.8) is 0 Å². The highest BCUT2D eigenvalue weighted by atomic mass is 32.1. The van der Waals surface area contributed by atoms with Crippen LogP contribution in [0.15, 0.2) is 17.5 Å². The fourth-order valence-corrected chi connectivity index (χ4v) is 1.25. The van der Waals surface area contributed by atoms with Gasteiger partial charge in [0.1, 0.15) is 0 Å². The molecule has 0 saturated heterocycles. The highest BCUT2D eigenvalue weighted by Gasteiger charge is 1.88. The lowest BCUT2D eigenvalue weighted by Crippen LogP contribution is -1.82. The van der Waals surface area contributed by atoms with Gasteiger partial charge >= 0.3 is 0 Å². The Bertz CT molecular complexity index is 134. The predicted molar refractivity (Wildman–Crippen MR) is 33.6 cm³/mol. The Hall–Kier alpha value is -0.340. The molecule has 0 aliphatic heterocycles. The number of thiophene rings is 1. The molecule has 1 heterocycles. The van der Waals surface area contributed by atoms with E-state index in [2.05, 4.69) is 0 Å². The van der Waals surface area contributed by atoms with Crippen molar-refractivity contribution in [3.8, 4) is 0 Å². The minimum atomic E-state index is 0.0144. The van der Waals surface area contributed by atoms with Crippen LogP contribution in [0.5, 0.6) is 0 Å². The molecular weight excluding hydrogens is 120 g/mol. The van der Waals surface area contributed by atoms with E-state index < -0.39 is 0 Å². The van der Waals surface area contributed by atoms with Crippen LogP contribution in [0.25, 0.3) is 0 Å². The molecule has 1 aromatic heterocycles. The molecule has 1 rings (SSSR count). The molecule has 0 fully saturated rings. The summed E-state index contributed by atoms with van der Waals surface area (Å²) in [5.41, 5.74) is 0. The molecule has 2 heteroatoms. The average molecular weight is 127 g/mol. The van der Waals surface area contributed by atoms with Crippen molar-refractivity contribution in [2.45, 2.75) is 6.42 Å². The molecule has 0 N–H and O–H groups in total. The molecule has 0 bridgehead atoms. The Balaban J connectivity index is 2.50. The van der Waals surface area contributed by atoms with Gasteiger partial charge in [0.05, 0.1) is 6.61 Å². The molecular formula is C6H7OS. The third-order valence-corrected chi connectivity index (χ3v) is 1.86. The zero-order valence-corrected chi connectivity index (χ0v) is 5.28. The number of hydrogen-bond donors (Lipinski definition) is 0. The van der Waals surface area contributed by atoms with E-state index in [1.807, 2.05) is 17.5 Å². The largest absolute Gasteiger partial charge is 0.236 e. The van der Waals surface area contributed by atoms with E-state index in [1.54, 1.807) is 11.3 Å². The molecule has 0 aliphatic carbocycles. The fraction of sp³-hybridized carbons (Fsp3) is 0.333. The van der Waals surface area contributed by atoms with Gasteiger partial charge in [0.15, 0.2) is 0 Å². The van der Waals surface area contributed by atoms with E-state index in [4.69, 9.17) is 0 Å². The Morgan fingerprint density at radius 2 is 2.50 bits per heavy atom. The molecule has 0 aliphatic rings. The van der Waals surface area contributed by atoms with E-state index in [-0.39, 0.29) is 6.61 Å². The van der Waals surface area contributed by atoms with Gasteiger partial charge in [-0.25, -0.2) is 5.11 Å². The van der Waals surface area contributed by atoms with Crippen LogP contribution in [-0.2, 0) is 11.5 Å². The third-order valence-electron chi connectivity index (χ3n) is 0.929. The summed E-state index contributed by atoms with van der Waals surface area (Å²) in [6.45, 7) is 0.0144. The standard InChI is InChI=1S/C6H7OS/c7-4-3-6-2-1-5-8-6/h1-2,5H,3-4H2. The van der Waals surface area contributed by atoms with Crippen LogP contribution >= 0.6 is 11.3 Å². The van der Waals surface area contributed by atoms with Crippen LogP contribution < -0.4 is 0 Å². The normalized spacial score (nSPS) is 9.62. The van der Waals surface area contributed by atoms with Gasteiger partial charge in [-0.2, -0.15) is 0 Å². The summed E-state index contributed by atoms with van der Waals surface area (Å²) < 4.78 is 0. The van der Waals surface area contributed by atoms with Crippen molar-refractivity contribution >= 4 is 11.3 Å². The van der Waals surface area contributed by atoms with Crippen molar-refractivity contribution in [1.82, 2.24) is 0 Å². The van der Waals surface area contributed by atoms with E-state index in [0.717, 1.165) is 0 Å². The minimum absolute atomic E-state index is 0.0144. The molecule has 0 atom stereocenters. The van der Waals surface area contributed by atoms with Gasteiger partial charge in [0.2, 0.25) is 0 Å². The van der Waals surface area contributed by atoms with Crippen molar-refractivity contribution in [1.29, 1.82) is 0 Å². The van der Waals surface area contributed by atoms with Gasteiger partial charge < -0.3 is 0 Å². The highest BCUT2D eigenvalue weighted by Crippen LogP contribution is 2.07. The Morgan fingerprint density at radius 3 is 3.00 bits per heavy atom. The lowest BCUT2D eigenvalue weighted by Gasteiger charge is -1.83.